The molecular weight excluding hydrogens is 265 g/mol. The zero-order chi connectivity index (χ0) is 15.2. The average molecular weight is 288 g/mol. The van der Waals surface area contributed by atoms with Gasteiger partial charge in [-0.25, -0.2) is 0 Å². The van der Waals surface area contributed by atoms with E-state index >= 15 is 0 Å². The van der Waals surface area contributed by atoms with Gasteiger partial charge in [0.2, 0.25) is 0 Å². The van der Waals surface area contributed by atoms with Gasteiger partial charge in [-0.2, -0.15) is 13.2 Å². The fraction of sp³-hybridized carbons (Fsp3) is 0.600. The first kappa shape index (κ1) is 17.0. The van der Waals surface area contributed by atoms with Crippen molar-refractivity contribution in [2.75, 3.05) is 27.2 Å². The van der Waals surface area contributed by atoms with Crippen LogP contribution >= 0.6 is 0 Å². The van der Waals surface area contributed by atoms with Gasteiger partial charge in [-0.05, 0) is 44.8 Å². The van der Waals surface area contributed by atoms with Crippen LogP contribution in [0.4, 0.5) is 13.2 Å². The van der Waals surface area contributed by atoms with Crippen LogP contribution in [-0.4, -0.2) is 32.1 Å². The number of likely N-dealkylation sites (N-methyl/N-ethyl adjacent to an activating group) is 2. The first-order chi connectivity index (χ1) is 9.38. The summed E-state index contributed by atoms with van der Waals surface area (Å²) in [5.74, 6) is 0. The number of halogens is 3. The first-order valence-corrected chi connectivity index (χ1v) is 6.91. The standard InChI is InChI=1S/C15H23F3N2/c1-4-5-9-20(3)11-14(19-2)12-7-6-8-13(10-12)15(16,17)18/h6-8,10,14,19H,4-5,9,11H2,1-3H3. The maximum Gasteiger partial charge on any atom is 0.416 e. The highest BCUT2D eigenvalue weighted by molar-refractivity contribution is 5.28. The van der Waals surface area contributed by atoms with Crippen LogP contribution in [0.1, 0.15) is 36.9 Å². The summed E-state index contributed by atoms with van der Waals surface area (Å²) in [7, 11) is 3.77. The molecule has 1 atom stereocenters. The molecule has 1 aromatic carbocycles. The second kappa shape index (κ2) is 7.64. The molecular formula is C15H23F3N2. The number of hydrogen-bond donors (Lipinski definition) is 1. The maximum absolute atomic E-state index is 12.7. The number of hydrogen-bond acceptors (Lipinski definition) is 2. The van der Waals surface area contributed by atoms with Crippen molar-refractivity contribution < 1.29 is 13.2 Å². The zero-order valence-corrected chi connectivity index (χ0v) is 12.3. The Hall–Kier alpha value is -1.07. The van der Waals surface area contributed by atoms with Crippen molar-refractivity contribution in [3.63, 3.8) is 0 Å². The topological polar surface area (TPSA) is 15.3 Å². The van der Waals surface area contributed by atoms with Crippen LogP contribution < -0.4 is 5.32 Å². The molecule has 2 nitrogen and oxygen atoms in total. The predicted octanol–water partition coefficient (Wildman–Crippen LogP) is 3.70. The monoisotopic (exact) mass is 288 g/mol. The van der Waals surface area contributed by atoms with E-state index in [0.29, 0.717) is 12.1 Å². The fourth-order valence-electron chi connectivity index (χ4n) is 2.13. The van der Waals surface area contributed by atoms with Gasteiger partial charge in [-0.15, -0.1) is 0 Å². The second-order valence-electron chi connectivity index (χ2n) is 5.08. The highest BCUT2D eigenvalue weighted by Gasteiger charge is 2.30. The van der Waals surface area contributed by atoms with E-state index < -0.39 is 11.7 Å². The molecule has 5 heteroatoms. The van der Waals surface area contributed by atoms with Crippen molar-refractivity contribution in [3.8, 4) is 0 Å². The molecule has 0 aromatic heterocycles. The number of nitrogens with one attached hydrogen (secondary N) is 1. The molecule has 0 amide bonds. The molecule has 0 bridgehead atoms. The Morgan fingerprint density at radius 2 is 2.00 bits per heavy atom. The van der Waals surface area contributed by atoms with Crippen LogP contribution in [0.2, 0.25) is 0 Å². The summed E-state index contributed by atoms with van der Waals surface area (Å²) in [4.78, 5) is 2.14. The molecule has 1 aromatic rings. The van der Waals surface area contributed by atoms with E-state index in [9.17, 15) is 13.2 Å². The lowest BCUT2D eigenvalue weighted by atomic mass is 10.0. The smallest absolute Gasteiger partial charge is 0.312 e. The molecule has 0 aliphatic rings. The molecule has 0 spiro atoms. The molecule has 1 unspecified atom stereocenters. The van der Waals surface area contributed by atoms with Crippen molar-refractivity contribution in [3.05, 3.63) is 35.4 Å². The molecule has 0 radical (unpaired) electrons. The normalized spacial score (nSPS) is 13.8. The second-order valence-corrected chi connectivity index (χ2v) is 5.08. The van der Waals surface area contributed by atoms with Crippen LogP contribution in [0.5, 0.6) is 0 Å². The quantitative estimate of drug-likeness (QED) is 0.823. The van der Waals surface area contributed by atoms with E-state index in [2.05, 4.69) is 17.1 Å². The number of nitrogens with zero attached hydrogens (tertiary/aromatic N) is 1. The van der Waals surface area contributed by atoms with Gasteiger partial charge in [0, 0.05) is 12.6 Å². The molecule has 0 heterocycles. The van der Waals surface area contributed by atoms with Gasteiger partial charge in [-0.1, -0.05) is 25.5 Å². The molecule has 20 heavy (non-hydrogen) atoms. The summed E-state index contributed by atoms with van der Waals surface area (Å²) in [6.45, 7) is 3.77. The minimum absolute atomic E-state index is 0.0980. The fourth-order valence-corrected chi connectivity index (χ4v) is 2.13. The predicted molar refractivity (Wildman–Crippen MR) is 75.6 cm³/mol. The van der Waals surface area contributed by atoms with E-state index in [4.69, 9.17) is 0 Å². The Labute approximate surface area is 119 Å². The van der Waals surface area contributed by atoms with E-state index in [0.717, 1.165) is 25.5 Å². The van der Waals surface area contributed by atoms with Gasteiger partial charge in [0.1, 0.15) is 0 Å². The minimum Gasteiger partial charge on any atom is -0.312 e. The van der Waals surface area contributed by atoms with E-state index in [1.165, 1.54) is 12.1 Å². The molecule has 0 fully saturated rings. The van der Waals surface area contributed by atoms with E-state index in [-0.39, 0.29) is 6.04 Å². The van der Waals surface area contributed by atoms with Gasteiger partial charge in [0.25, 0.3) is 0 Å². The Balaban J connectivity index is 2.79. The van der Waals surface area contributed by atoms with E-state index in [1.54, 1.807) is 13.1 Å². The first-order valence-electron chi connectivity index (χ1n) is 6.91. The number of unbranched alkanes of at least 4 members (excludes halogenated alkanes) is 1. The van der Waals surface area contributed by atoms with Crippen LogP contribution in [0.25, 0.3) is 0 Å². The van der Waals surface area contributed by atoms with E-state index in [1.807, 2.05) is 7.05 Å². The van der Waals surface area contributed by atoms with Crippen LogP contribution in [0, 0.1) is 0 Å². The Bertz CT molecular complexity index is 404. The zero-order valence-electron chi connectivity index (χ0n) is 12.3. The molecule has 0 saturated carbocycles. The summed E-state index contributed by atoms with van der Waals surface area (Å²) in [5.41, 5.74) is 0.0807. The third-order valence-corrected chi connectivity index (χ3v) is 3.35. The summed E-state index contributed by atoms with van der Waals surface area (Å²) >= 11 is 0. The van der Waals surface area contributed by atoms with Crippen molar-refractivity contribution in [1.82, 2.24) is 10.2 Å². The molecule has 0 saturated heterocycles. The molecule has 1 rings (SSSR count). The minimum atomic E-state index is -4.29. The lowest BCUT2D eigenvalue weighted by Gasteiger charge is -2.24. The molecule has 0 aliphatic heterocycles. The molecule has 114 valence electrons. The van der Waals surface area contributed by atoms with Crippen LogP contribution in [-0.2, 0) is 6.18 Å². The molecule has 1 N–H and O–H groups in total. The van der Waals surface area contributed by atoms with Gasteiger partial charge < -0.3 is 10.2 Å². The third kappa shape index (κ3) is 5.13. The van der Waals surface area contributed by atoms with Crippen LogP contribution in [0.15, 0.2) is 24.3 Å². The van der Waals surface area contributed by atoms with Gasteiger partial charge >= 0.3 is 6.18 Å². The summed E-state index contributed by atoms with van der Waals surface area (Å²) in [6, 6.07) is 5.45. The number of benzene rings is 1. The van der Waals surface area contributed by atoms with Crippen LogP contribution in [0.3, 0.4) is 0 Å². The van der Waals surface area contributed by atoms with Crippen molar-refractivity contribution in [1.29, 1.82) is 0 Å². The van der Waals surface area contributed by atoms with Gasteiger partial charge in [-0.3, -0.25) is 0 Å². The Morgan fingerprint density at radius 3 is 2.55 bits per heavy atom. The maximum atomic E-state index is 12.7. The lowest BCUT2D eigenvalue weighted by Crippen LogP contribution is -2.32. The number of rotatable bonds is 7. The van der Waals surface area contributed by atoms with Gasteiger partial charge in [0.15, 0.2) is 0 Å². The molecule has 0 aliphatic carbocycles. The largest absolute Gasteiger partial charge is 0.416 e. The highest BCUT2D eigenvalue weighted by Crippen LogP contribution is 2.30. The summed E-state index contributed by atoms with van der Waals surface area (Å²) < 4.78 is 38.2. The lowest BCUT2D eigenvalue weighted by molar-refractivity contribution is -0.137. The average Bonchev–Trinajstić information content (AvgIpc) is 2.41. The third-order valence-electron chi connectivity index (χ3n) is 3.35. The van der Waals surface area contributed by atoms with Crippen molar-refractivity contribution in [2.24, 2.45) is 0 Å². The Kier molecular flexibility index (Phi) is 6.49. The SMILES string of the molecule is CCCCN(C)CC(NC)c1cccc(C(F)(F)F)c1. The van der Waals surface area contributed by atoms with Gasteiger partial charge in [0.05, 0.1) is 5.56 Å². The van der Waals surface area contributed by atoms with Crippen molar-refractivity contribution >= 4 is 0 Å². The van der Waals surface area contributed by atoms with Crippen molar-refractivity contribution in [2.45, 2.75) is 32.0 Å². The summed E-state index contributed by atoms with van der Waals surface area (Å²) in [5, 5.41) is 3.10. The Morgan fingerprint density at radius 1 is 1.30 bits per heavy atom. The highest BCUT2D eigenvalue weighted by atomic mass is 19.4. The summed E-state index contributed by atoms with van der Waals surface area (Å²) in [6.07, 6.45) is -2.09. The number of alkyl halides is 3.